The molecule has 0 atom stereocenters. The van der Waals surface area contributed by atoms with E-state index >= 15 is 0 Å². The standard InChI is InChI=1S/C18H27N3O6S/c1-6-26-17(24)12-11(3)13(18(25)27-7-2)28-16(12)20-15(23)14(22)19-9-8-10-21(4)5/h6-10H2,1-5H3,(H,19,22)(H,20,23). The molecule has 0 aromatic carbocycles. The topological polar surface area (TPSA) is 114 Å². The molecule has 156 valence electrons. The first-order valence-corrected chi connectivity index (χ1v) is 9.76. The zero-order valence-electron chi connectivity index (χ0n) is 16.8. The van der Waals surface area contributed by atoms with Crippen molar-refractivity contribution in [2.24, 2.45) is 0 Å². The number of hydrogen-bond donors (Lipinski definition) is 2. The molecule has 0 unspecified atom stereocenters. The Kier molecular flexibility index (Phi) is 9.60. The number of rotatable bonds is 9. The number of carbonyl (C=O) groups excluding carboxylic acids is 4. The fourth-order valence-corrected chi connectivity index (χ4v) is 3.36. The molecule has 2 N–H and O–H groups in total. The van der Waals surface area contributed by atoms with Crippen LogP contribution in [-0.4, -0.2) is 69.1 Å². The maximum atomic E-state index is 12.3. The van der Waals surface area contributed by atoms with Crippen LogP contribution in [0, 0.1) is 6.92 Å². The SMILES string of the molecule is CCOC(=O)c1sc(NC(=O)C(=O)NCCCN(C)C)c(C(=O)OCC)c1C. The third kappa shape index (κ3) is 6.61. The first-order valence-electron chi connectivity index (χ1n) is 8.94. The van der Waals surface area contributed by atoms with Gasteiger partial charge in [0.2, 0.25) is 0 Å². The van der Waals surface area contributed by atoms with Gasteiger partial charge in [0, 0.05) is 6.54 Å². The van der Waals surface area contributed by atoms with Gasteiger partial charge in [-0.1, -0.05) is 0 Å². The maximum absolute atomic E-state index is 12.3. The second kappa shape index (κ2) is 11.4. The van der Waals surface area contributed by atoms with E-state index < -0.39 is 23.8 Å². The molecule has 9 nitrogen and oxygen atoms in total. The number of amides is 2. The lowest BCUT2D eigenvalue weighted by Gasteiger charge is -2.10. The number of nitrogens with one attached hydrogen (secondary N) is 2. The zero-order valence-corrected chi connectivity index (χ0v) is 17.7. The summed E-state index contributed by atoms with van der Waals surface area (Å²) in [6, 6.07) is 0. The lowest BCUT2D eigenvalue weighted by atomic mass is 10.1. The summed E-state index contributed by atoms with van der Waals surface area (Å²) in [5.41, 5.74) is 0.382. The van der Waals surface area contributed by atoms with Crippen molar-refractivity contribution in [2.75, 3.05) is 45.7 Å². The summed E-state index contributed by atoms with van der Waals surface area (Å²) in [4.78, 5) is 50.7. The second-order valence-electron chi connectivity index (χ2n) is 6.07. The van der Waals surface area contributed by atoms with E-state index in [1.807, 2.05) is 19.0 Å². The van der Waals surface area contributed by atoms with Crippen molar-refractivity contribution in [3.8, 4) is 0 Å². The number of carbonyl (C=O) groups is 4. The number of nitrogens with zero attached hydrogens (tertiary/aromatic N) is 1. The van der Waals surface area contributed by atoms with Gasteiger partial charge in [-0.25, -0.2) is 9.59 Å². The van der Waals surface area contributed by atoms with Crippen molar-refractivity contribution in [3.05, 3.63) is 16.0 Å². The van der Waals surface area contributed by atoms with Crippen LogP contribution in [0.25, 0.3) is 0 Å². The highest BCUT2D eigenvalue weighted by Gasteiger charge is 2.28. The lowest BCUT2D eigenvalue weighted by Crippen LogP contribution is -2.36. The molecule has 10 heteroatoms. The van der Waals surface area contributed by atoms with Gasteiger partial charge in [0.1, 0.15) is 9.88 Å². The van der Waals surface area contributed by atoms with Crippen LogP contribution >= 0.6 is 11.3 Å². The summed E-state index contributed by atoms with van der Waals surface area (Å²) in [5.74, 6) is -3.04. The molecule has 0 fully saturated rings. The van der Waals surface area contributed by atoms with E-state index in [1.54, 1.807) is 20.8 Å². The number of thiophene rings is 1. The Balaban J connectivity index is 2.96. The average Bonchev–Trinajstić information content (AvgIpc) is 2.94. The molecule has 0 aliphatic heterocycles. The summed E-state index contributed by atoms with van der Waals surface area (Å²) in [7, 11) is 3.82. The van der Waals surface area contributed by atoms with Crippen LogP contribution in [0.2, 0.25) is 0 Å². The van der Waals surface area contributed by atoms with Crippen LogP contribution < -0.4 is 10.6 Å². The minimum Gasteiger partial charge on any atom is -0.462 e. The van der Waals surface area contributed by atoms with Crippen molar-refractivity contribution < 1.29 is 28.7 Å². The first kappa shape index (κ1) is 23.6. The van der Waals surface area contributed by atoms with Crippen molar-refractivity contribution in [1.29, 1.82) is 0 Å². The van der Waals surface area contributed by atoms with E-state index in [0.717, 1.165) is 17.9 Å². The predicted molar refractivity (Wildman–Crippen MR) is 106 cm³/mol. The molecule has 2 amide bonds. The molecular weight excluding hydrogens is 386 g/mol. The van der Waals surface area contributed by atoms with E-state index in [1.165, 1.54) is 0 Å². The van der Waals surface area contributed by atoms with Crippen molar-refractivity contribution in [3.63, 3.8) is 0 Å². The molecule has 1 heterocycles. The molecule has 0 saturated carbocycles. The number of hydrogen-bond acceptors (Lipinski definition) is 8. The summed E-state index contributed by atoms with van der Waals surface area (Å²) in [6.07, 6.45) is 0.686. The van der Waals surface area contributed by atoms with Gasteiger partial charge in [-0.3, -0.25) is 9.59 Å². The van der Waals surface area contributed by atoms with E-state index in [4.69, 9.17) is 9.47 Å². The van der Waals surface area contributed by atoms with Gasteiger partial charge in [0.05, 0.1) is 18.8 Å². The fraction of sp³-hybridized carbons (Fsp3) is 0.556. The van der Waals surface area contributed by atoms with Gasteiger partial charge in [-0.2, -0.15) is 0 Å². The molecule has 28 heavy (non-hydrogen) atoms. The van der Waals surface area contributed by atoms with Crippen LogP contribution in [0.5, 0.6) is 0 Å². The molecule has 0 aliphatic rings. The van der Waals surface area contributed by atoms with Crippen molar-refractivity contribution in [1.82, 2.24) is 10.2 Å². The minimum atomic E-state index is -0.924. The fourth-order valence-electron chi connectivity index (χ4n) is 2.28. The highest BCUT2D eigenvalue weighted by atomic mass is 32.1. The molecule has 0 aliphatic carbocycles. The van der Waals surface area contributed by atoms with E-state index in [-0.39, 0.29) is 28.7 Å². The first-order chi connectivity index (χ1) is 13.2. The van der Waals surface area contributed by atoms with Gasteiger partial charge in [0.15, 0.2) is 0 Å². The molecule has 1 aromatic rings. The van der Waals surface area contributed by atoms with Crippen molar-refractivity contribution >= 4 is 40.1 Å². The Morgan fingerprint density at radius 3 is 2.18 bits per heavy atom. The molecule has 1 aromatic heterocycles. The molecule has 0 saturated heterocycles. The zero-order chi connectivity index (χ0) is 21.3. The quantitative estimate of drug-likeness (QED) is 0.357. The summed E-state index contributed by atoms with van der Waals surface area (Å²) >= 11 is 0.872. The van der Waals surface area contributed by atoms with Gasteiger partial charge in [-0.15, -0.1) is 11.3 Å². The second-order valence-corrected chi connectivity index (χ2v) is 7.09. The Hall–Kier alpha value is -2.46. The molecule has 0 spiro atoms. The third-order valence-electron chi connectivity index (χ3n) is 3.59. The summed E-state index contributed by atoms with van der Waals surface area (Å²) in [6.45, 7) is 6.27. The predicted octanol–water partition coefficient (Wildman–Crippen LogP) is 1.42. The van der Waals surface area contributed by atoms with Crippen LogP contribution in [0.4, 0.5) is 5.00 Å². The number of anilines is 1. The monoisotopic (exact) mass is 413 g/mol. The molecule has 0 bridgehead atoms. The molecule has 1 rings (SSSR count). The lowest BCUT2D eigenvalue weighted by molar-refractivity contribution is -0.136. The van der Waals surface area contributed by atoms with Crippen LogP contribution in [0.3, 0.4) is 0 Å². The number of ether oxygens (including phenoxy) is 2. The normalized spacial score (nSPS) is 10.5. The highest BCUT2D eigenvalue weighted by Crippen LogP contribution is 2.34. The van der Waals surface area contributed by atoms with Gasteiger partial charge in [-0.05, 0) is 53.4 Å². The molecular formula is C18H27N3O6S. The van der Waals surface area contributed by atoms with Gasteiger partial charge in [0.25, 0.3) is 0 Å². The average molecular weight is 413 g/mol. The maximum Gasteiger partial charge on any atom is 0.348 e. The highest BCUT2D eigenvalue weighted by molar-refractivity contribution is 7.18. The Labute approximate surface area is 168 Å². The summed E-state index contributed by atoms with van der Waals surface area (Å²) in [5, 5.41) is 5.00. The van der Waals surface area contributed by atoms with Crippen LogP contribution in [0.15, 0.2) is 0 Å². The Morgan fingerprint density at radius 1 is 1.00 bits per heavy atom. The van der Waals surface area contributed by atoms with E-state index in [0.29, 0.717) is 18.5 Å². The Bertz CT molecular complexity index is 729. The van der Waals surface area contributed by atoms with E-state index in [2.05, 4.69) is 10.6 Å². The minimum absolute atomic E-state index is 0.0451. The molecule has 0 radical (unpaired) electrons. The van der Waals surface area contributed by atoms with Gasteiger partial charge < -0.3 is 25.0 Å². The number of esters is 2. The van der Waals surface area contributed by atoms with Crippen LogP contribution in [-0.2, 0) is 19.1 Å². The van der Waals surface area contributed by atoms with E-state index in [9.17, 15) is 19.2 Å². The van der Waals surface area contributed by atoms with Crippen molar-refractivity contribution in [2.45, 2.75) is 27.2 Å². The third-order valence-corrected chi connectivity index (χ3v) is 4.78. The largest absolute Gasteiger partial charge is 0.462 e. The summed E-state index contributed by atoms with van der Waals surface area (Å²) < 4.78 is 9.98. The van der Waals surface area contributed by atoms with Gasteiger partial charge >= 0.3 is 23.8 Å². The smallest absolute Gasteiger partial charge is 0.348 e. The van der Waals surface area contributed by atoms with Crippen LogP contribution in [0.1, 0.15) is 45.9 Å². The Morgan fingerprint density at radius 2 is 1.61 bits per heavy atom.